The van der Waals surface area contributed by atoms with Crippen LogP contribution >= 0.6 is 11.6 Å². The second-order valence-electron chi connectivity index (χ2n) is 7.14. The molecule has 0 atom stereocenters. The Balaban J connectivity index is 1.60. The van der Waals surface area contributed by atoms with Gasteiger partial charge in [0.15, 0.2) is 6.61 Å². The molecule has 0 aromatic heterocycles. The molecule has 0 radical (unpaired) electrons. The van der Waals surface area contributed by atoms with Crippen molar-refractivity contribution >= 4 is 33.2 Å². The normalized spacial score (nSPS) is 15.1. The fraction of sp³-hybridized carbons (Fsp3) is 0.381. The van der Waals surface area contributed by atoms with Gasteiger partial charge in [0.2, 0.25) is 0 Å². The molecule has 0 bridgehead atoms. The predicted octanol–water partition coefficient (Wildman–Crippen LogP) is 2.99. The molecule has 2 aromatic carbocycles. The third-order valence-corrected chi connectivity index (χ3v) is 6.71. The Labute approximate surface area is 182 Å². The van der Waals surface area contributed by atoms with Crippen molar-refractivity contribution in [2.45, 2.75) is 18.7 Å². The van der Waals surface area contributed by atoms with Crippen LogP contribution in [0, 0.1) is 6.92 Å². The second-order valence-corrected chi connectivity index (χ2v) is 9.26. The van der Waals surface area contributed by atoms with Crippen LogP contribution in [0.5, 0.6) is 5.75 Å². The van der Waals surface area contributed by atoms with E-state index in [-0.39, 0.29) is 17.4 Å². The summed E-state index contributed by atoms with van der Waals surface area (Å²) in [5.41, 5.74) is 1.06. The summed E-state index contributed by atoms with van der Waals surface area (Å²) in [5.74, 6) is 0.423. The molecule has 1 aliphatic rings. The van der Waals surface area contributed by atoms with E-state index in [2.05, 4.69) is 16.5 Å². The van der Waals surface area contributed by atoms with E-state index in [4.69, 9.17) is 16.3 Å². The molecular formula is C21H26ClN3O4S. The quantitative estimate of drug-likeness (QED) is 0.700. The van der Waals surface area contributed by atoms with Crippen molar-refractivity contribution in [3.8, 4) is 5.75 Å². The lowest BCUT2D eigenvalue weighted by Crippen LogP contribution is -2.49. The lowest BCUT2D eigenvalue weighted by Gasteiger charge is -2.34. The van der Waals surface area contributed by atoms with Crippen molar-refractivity contribution < 1.29 is 17.9 Å². The second kappa shape index (κ2) is 9.68. The molecule has 1 heterocycles. The van der Waals surface area contributed by atoms with Gasteiger partial charge in [0, 0.05) is 36.9 Å². The van der Waals surface area contributed by atoms with Crippen LogP contribution in [-0.4, -0.2) is 63.5 Å². The molecule has 30 heavy (non-hydrogen) atoms. The highest BCUT2D eigenvalue weighted by Crippen LogP contribution is 2.24. The average molecular weight is 452 g/mol. The lowest BCUT2D eigenvalue weighted by atomic mass is 10.2. The first kappa shape index (κ1) is 22.4. The van der Waals surface area contributed by atoms with Gasteiger partial charge in [0.25, 0.3) is 15.9 Å². The summed E-state index contributed by atoms with van der Waals surface area (Å²) in [4.78, 5) is 16.6. The molecular weight excluding hydrogens is 426 g/mol. The van der Waals surface area contributed by atoms with Crippen molar-refractivity contribution in [1.29, 1.82) is 0 Å². The maximum absolute atomic E-state index is 12.6. The minimum atomic E-state index is -3.75. The third-order valence-electron chi connectivity index (χ3n) is 5.08. The maximum atomic E-state index is 12.6. The molecule has 1 saturated heterocycles. The molecule has 7 nitrogen and oxygen atoms in total. The van der Waals surface area contributed by atoms with E-state index in [1.807, 2.05) is 0 Å². The summed E-state index contributed by atoms with van der Waals surface area (Å²) in [6, 6.07) is 11.0. The van der Waals surface area contributed by atoms with Crippen LogP contribution in [0.15, 0.2) is 47.4 Å². The van der Waals surface area contributed by atoms with Gasteiger partial charge >= 0.3 is 0 Å². The highest BCUT2D eigenvalue weighted by atomic mass is 35.5. The van der Waals surface area contributed by atoms with Crippen molar-refractivity contribution in [3.05, 3.63) is 53.1 Å². The van der Waals surface area contributed by atoms with Gasteiger partial charge in [-0.15, -0.1) is 0 Å². The van der Waals surface area contributed by atoms with Crippen LogP contribution in [0.25, 0.3) is 0 Å². The van der Waals surface area contributed by atoms with Crippen LogP contribution < -0.4 is 9.46 Å². The lowest BCUT2D eigenvalue weighted by molar-refractivity contribution is -0.135. The number of ether oxygens (including phenoxy) is 1. The predicted molar refractivity (Wildman–Crippen MR) is 118 cm³/mol. The van der Waals surface area contributed by atoms with Gasteiger partial charge in [-0.25, -0.2) is 8.42 Å². The minimum absolute atomic E-state index is 0.0637. The SMILES string of the molecule is CCN1CCN(C(=O)COc2ccc(S(=O)(=O)Nc3ccc(Cl)cc3)cc2C)CC1. The zero-order chi connectivity index (χ0) is 21.7. The number of nitrogens with zero attached hydrogens (tertiary/aromatic N) is 2. The van der Waals surface area contributed by atoms with E-state index < -0.39 is 10.0 Å². The van der Waals surface area contributed by atoms with Crippen molar-refractivity contribution in [3.63, 3.8) is 0 Å². The first-order valence-electron chi connectivity index (χ1n) is 9.80. The van der Waals surface area contributed by atoms with Crippen LogP contribution in [-0.2, 0) is 14.8 Å². The smallest absolute Gasteiger partial charge is 0.261 e. The fourth-order valence-electron chi connectivity index (χ4n) is 3.23. The Kier molecular flexibility index (Phi) is 7.23. The molecule has 1 fully saturated rings. The molecule has 0 spiro atoms. The first-order chi connectivity index (χ1) is 14.3. The molecule has 3 rings (SSSR count). The molecule has 1 amide bonds. The standard InChI is InChI=1S/C21H26ClN3O4S/c1-3-24-10-12-25(13-11-24)21(26)15-29-20-9-8-19(14-16(20)2)30(27,28)23-18-6-4-17(22)5-7-18/h4-9,14,23H,3,10-13,15H2,1-2H3. The highest BCUT2D eigenvalue weighted by molar-refractivity contribution is 7.92. The van der Waals surface area contributed by atoms with Gasteiger partial charge in [-0.05, 0) is 61.5 Å². The molecule has 1 N–H and O–H groups in total. The Bertz CT molecular complexity index is 988. The minimum Gasteiger partial charge on any atom is -0.483 e. The monoisotopic (exact) mass is 451 g/mol. The van der Waals surface area contributed by atoms with Crippen LogP contribution in [0.2, 0.25) is 5.02 Å². The van der Waals surface area contributed by atoms with Crippen molar-refractivity contribution in [2.75, 3.05) is 44.1 Å². The summed E-state index contributed by atoms with van der Waals surface area (Å²) in [6.07, 6.45) is 0. The number of aryl methyl sites for hydroxylation is 1. The zero-order valence-corrected chi connectivity index (χ0v) is 18.7. The number of amides is 1. The Morgan fingerprint density at radius 3 is 2.37 bits per heavy atom. The van der Waals surface area contributed by atoms with Gasteiger partial charge in [-0.1, -0.05) is 18.5 Å². The van der Waals surface area contributed by atoms with Gasteiger partial charge in [0.05, 0.1) is 4.90 Å². The van der Waals surface area contributed by atoms with E-state index in [1.54, 1.807) is 42.2 Å². The number of likely N-dealkylation sites (N-methyl/N-ethyl adjacent to an activating group) is 1. The fourth-order valence-corrected chi connectivity index (χ4v) is 4.50. The number of carbonyl (C=O) groups excluding carboxylic acids is 1. The highest BCUT2D eigenvalue weighted by Gasteiger charge is 2.21. The molecule has 9 heteroatoms. The molecule has 1 aliphatic heterocycles. The number of benzene rings is 2. The number of piperazine rings is 1. The van der Waals surface area contributed by atoms with Crippen LogP contribution in [0.1, 0.15) is 12.5 Å². The summed E-state index contributed by atoms with van der Waals surface area (Å²) >= 11 is 5.83. The number of anilines is 1. The van der Waals surface area contributed by atoms with Crippen LogP contribution in [0.3, 0.4) is 0 Å². The number of hydrogen-bond acceptors (Lipinski definition) is 5. The number of rotatable bonds is 7. The van der Waals surface area contributed by atoms with Gasteiger partial charge in [-0.3, -0.25) is 9.52 Å². The van der Waals surface area contributed by atoms with E-state index in [1.165, 1.54) is 12.1 Å². The van der Waals surface area contributed by atoms with E-state index in [0.717, 1.165) is 19.6 Å². The van der Waals surface area contributed by atoms with Gasteiger partial charge < -0.3 is 14.5 Å². The van der Waals surface area contributed by atoms with Crippen LogP contribution in [0.4, 0.5) is 5.69 Å². The zero-order valence-electron chi connectivity index (χ0n) is 17.1. The van der Waals surface area contributed by atoms with Gasteiger partial charge in [0.1, 0.15) is 5.75 Å². The number of sulfonamides is 1. The summed E-state index contributed by atoms with van der Waals surface area (Å²) in [5, 5.41) is 0.525. The molecule has 0 aliphatic carbocycles. The molecule has 0 unspecified atom stereocenters. The Hall–Kier alpha value is -2.29. The number of hydrogen-bond donors (Lipinski definition) is 1. The molecule has 162 valence electrons. The van der Waals surface area contributed by atoms with E-state index in [9.17, 15) is 13.2 Å². The summed E-state index contributed by atoms with van der Waals surface area (Å²) in [6.45, 7) is 7.91. The molecule has 2 aromatic rings. The van der Waals surface area contributed by atoms with E-state index in [0.29, 0.717) is 35.1 Å². The van der Waals surface area contributed by atoms with E-state index >= 15 is 0 Å². The van der Waals surface area contributed by atoms with Crippen molar-refractivity contribution in [1.82, 2.24) is 9.80 Å². The number of halogens is 1. The average Bonchev–Trinajstić information content (AvgIpc) is 2.74. The Morgan fingerprint density at radius 1 is 1.10 bits per heavy atom. The van der Waals surface area contributed by atoms with Crippen molar-refractivity contribution in [2.24, 2.45) is 0 Å². The summed E-state index contributed by atoms with van der Waals surface area (Å²) < 4.78 is 33.4. The number of carbonyl (C=O) groups is 1. The summed E-state index contributed by atoms with van der Waals surface area (Å²) in [7, 11) is -3.75. The Morgan fingerprint density at radius 2 is 1.77 bits per heavy atom. The number of nitrogens with one attached hydrogen (secondary N) is 1. The maximum Gasteiger partial charge on any atom is 0.261 e. The third kappa shape index (κ3) is 5.65. The van der Waals surface area contributed by atoms with Gasteiger partial charge in [-0.2, -0.15) is 0 Å². The molecule has 0 saturated carbocycles. The first-order valence-corrected chi connectivity index (χ1v) is 11.7. The topological polar surface area (TPSA) is 79.0 Å². The largest absolute Gasteiger partial charge is 0.483 e.